The van der Waals surface area contributed by atoms with E-state index in [0.717, 1.165) is 9.75 Å². The predicted molar refractivity (Wildman–Crippen MR) is 117 cm³/mol. The molecule has 0 bridgehead atoms. The van der Waals surface area contributed by atoms with Crippen LogP contribution in [0.2, 0.25) is 0 Å². The Balaban J connectivity index is 1.72. The van der Waals surface area contributed by atoms with Crippen molar-refractivity contribution in [2.45, 2.75) is 0 Å². The zero-order valence-electron chi connectivity index (χ0n) is 14.9. The van der Waals surface area contributed by atoms with Crippen LogP contribution in [0.3, 0.4) is 0 Å². The van der Waals surface area contributed by atoms with E-state index in [1.165, 1.54) is 53.0 Å². The topological polar surface area (TPSA) is 101 Å². The van der Waals surface area contributed by atoms with Gasteiger partial charge in [0.1, 0.15) is 5.69 Å². The van der Waals surface area contributed by atoms with Gasteiger partial charge in [-0.05, 0) is 47.2 Å². The molecule has 2 N–H and O–H groups in total. The Morgan fingerprint density at radius 1 is 0.897 bits per heavy atom. The van der Waals surface area contributed by atoms with Crippen molar-refractivity contribution in [3.05, 3.63) is 85.2 Å². The highest BCUT2D eigenvalue weighted by molar-refractivity contribution is 7.11. The van der Waals surface area contributed by atoms with Crippen LogP contribution in [0, 0.1) is 10.1 Å². The van der Waals surface area contributed by atoms with Gasteiger partial charge in [-0.15, -0.1) is 22.7 Å². The van der Waals surface area contributed by atoms with Gasteiger partial charge in [-0.25, -0.2) is 0 Å². The van der Waals surface area contributed by atoms with Crippen molar-refractivity contribution in [2.75, 3.05) is 10.6 Å². The van der Waals surface area contributed by atoms with Gasteiger partial charge in [-0.3, -0.25) is 19.7 Å². The lowest BCUT2D eigenvalue weighted by atomic mass is 10.2. The van der Waals surface area contributed by atoms with Crippen LogP contribution in [0.15, 0.2) is 65.4 Å². The van der Waals surface area contributed by atoms with Gasteiger partial charge < -0.3 is 10.6 Å². The second kappa shape index (κ2) is 9.58. The molecule has 3 rings (SSSR count). The number of nitrogens with one attached hydrogen (secondary N) is 2. The van der Waals surface area contributed by atoms with Crippen LogP contribution in [-0.2, 0) is 9.59 Å². The summed E-state index contributed by atoms with van der Waals surface area (Å²) in [5.74, 6) is -0.898. The van der Waals surface area contributed by atoms with Crippen molar-refractivity contribution < 1.29 is 14.5 Å². The fourth-order valence-corrected chi connectivity index (χ4v) is 3.56. The fourth-order valence-electron chi connectivity index (χ4n) is 2.32. The third-order valence-corrected chi connectivity index (χ3v) is 5.28. The monoisotopic (exact) mass is 425 g/mol. The molecule has 0 aliphatic heterocycles. The van der Waals surface area contributed by atoms with E-state index in [1.807, 2.05) is 35.0 Å². The van der Waals surface area contributed by atoms with Gasteiger partial charge in [0.2, 0.25) is 11.8 Å². The average Bonchev–Trinajstić information content (AvgIpc) is 3.38. The number of nitro benzene ring substituents is 1. The van der Waals surface area contributed by atoms with Gasteiger partial charge in [-0.2, -0.15) is 0 Å². The number of amides is 2. The summed E-state index contributed by atoms with van der Waals surface area (Å²) in [4.78, 5) is 36.7. The highest BCUT2D eigenvalue weighted by Crippen LogP contribution is 2.28. The molecule has 2 heterocycles. The second-order valence-electron chi connectivity index (χ2n) is 5.67. The number of carbonyl (C=O) groups is 2. The summed E-state index contributed by atoms with van der Waals surface area (Å²) in [5.41, 5.74) is 0.0554. The maximum absolute atomic E-state index is 12.1. The predicted octanol–water partition coefficient (Wildman–Crippen LogP) is 5.02. The van der Waals surface area contributed by atoms with E-state index in [9.17, 15) is 19.7 Å². The number of thiophene rings is 2. The van der Waals surface area contributed by atoms with Crippen molar-refractivity contribution in [3.8, 4) is 0 Å². The molecule has 2 aromatic heterocycles. The number of benzene rings is 1. The Morgan fingerprint density at radius 3 is 2.00 bits per heavy atom. The van der Waals surface area contributed by atoms with Crippen LogP contribution >= 0.6 is 22.7 Å². The Hall–Kier alpha value is -3.56. The first-order chi connectivity index (χ1) is 14.0. The third kappa shape index (κ3) is 5.96. The molecule has 0 saturated heterocycles. The Kier molecular flexibility index (Phi) is 6.67. The average molecular weight is 425 g/mol. The van der Waals surface area contributed by atoms with Crippen molar-refractivity contribution in [1.29, 1.82) is 0 Å². The summed E-state index contributed by atoms with van der Waals surface area (Å²) in [6, 6.07) is 11.4. The maximum atomic E-state index is 12.1. The normalized spacial score (nSPS) is 11.0. The summed E-state index contributed by atoms with van der Waals surface area (Å²) in [7, 11) is 0. The molecular formula is C20H15N3O4S2. The summed E-state index contributed by atoms with van der Waals surface area (Å²) in [5, 5.41) is 20.1. The van der Waals surface area contributed by atoms with E-state index < -0.39 is 10.8 Å². The zero-order chi connectivity index (χ0) is 20.6. The number of nitro groups is 1. The van der Waals surface area contributed by atoms with E-state index in [4.69, 9.17) is 0 Å². The van der Waals surface area contributed by atoms with E-state index in [1.54, 1.807) is 12.2 Å². The molecule has 0 radical (unpaired) electrons. The van der Waals surface area contributed by atoms with Gasteiger partial charge in [0.15, 0.2) is 0 Å². The van der Waals surface area contributed by atoms with Gasteiger partial charge in [0.25, 0.3) is 5.69 Å². The van der Waals surface area contributed by atoms with Crippen LogP contribution in [-0.4, -0.2) is 16.7 Å². The zero-order valence-corrected chi connectivity index (χ0v) is 16.5. The lowest BCUT2D eigenvalue weighted by Gasteiger charge is -2.07. The van der Waals surface area contributed by atoms with E-state index in [0.29, 0.717) is 5.69 Å². The Morgan fingerprint density at radius 2 is 1.48 bits per heavy atom. The largest absolute Gasteiger partial charge is 0.322 e. The molecule has 9 heteroatoms. The molecule has 0 spiro atoms. The minimum Gasteiger partial charge on any atom is -0.322 e. The van der Waals surface area contributed by atoms with Crippen LogP contribution in [0.4, 0.5) is 17.1 Å². The fraction of sp³-hybridized carbons (Fsp3) is 0. The standard InChI is InChI=1S/C20H15N3O4S2/c24-19(9-6-15-3-1-11-28-15)21-14-5-8-18(23(26)27)17(13-14)22-20(25)10-7-16-4-2-12-29-16/h1-13H,(H,21,24)(H,22,25). The van der Waals surface area contributed by atoms with Crippen molar-refractivity contribution in [1.82, 2.24) is 0 Å². The smallest absolute Gasteiger partial charge is 0.292 e. The number of hydrogen-bond acceptors (Lipinski definition) is 6. The van der Waals surface area contributed by atoms with Crippen LogP contribution in [0.25, 0.3) is 12.2 Å². The Labute approximate surface area is 174 Å². The van der Waals surface area contributed by atoms with Crippen LogP contribution < -0.4 is 10.6 Å². The van der Waals surface area contributed by atoms with Gasteiger partial charge in [0, 0.05) is 33.7 Å². The van der Waals surface area contributed by atoms with Crippen molar-refractivity contribution in [2.24, 2.45) is 0 Å². The van der Waals surface area contributed by atoms with Crippen molar-refractivity contribution >= 4 is 63.7 Å². The number of anilines is 2. The maximum Gasteiger partial charge on any atom is 0.292 e. The van der Waals surface area contributed by atoms with Gasteiger partial charge in [-0.1, -0.05) is 12.1 Å². The van der Waals surface area contributed by atoms with E-state index >= 15 is 0 Å². The number of carbonyl (C=O) groups excluding carboxylic acids is 2. The van der Waals surface area contributed by atoms with E-state index in [2.05, 4.69) is 10.6 Å². The molecule has 3 aromatic rings. The molecule has 29 heavy (non-hydrogen) atoms. The number of nitrogens with zero attached hydrogens (tertiary/aromatic N) is 1. The number of rotatable bonds is 7. The molecule has 0 aliphatic carbocycles. The van der Waals surface area contributed by atoms with Gasteiger partial charge >= 0.3 is 0 Å². The summed E-state index contributed by atoms with van der Waals surface area (Å²) >= 11 is 2.96. The SMILES string of the molecule is O=C(C=Cc1cccs1)Nc1ccc([N+](=O)[O-])c(NC(=O)C=Cc2cccs2)c1. The first-order valence-corrected chi connectivity index (χ1v) is 10.1. The first kappa shape index (κ1) is 20.2. The molecule has 0 aliphatic rings. The molecule has 1 aromatic carbocycles. The Bertz CT molecular complexity index is 1070. The van der Waals surface area contributed by atoms with E-state index in [-0.39, 0.29) is 17.3 Å². The highest BCUT2D eigenvalue weighted by atomic mass is 32.1. The van der Waals surface area contributed by atoms with Crippen LogP contribution in [0.5, 0.6) is 0 Å². The second-order valence-corrected chi connectivity index (χ2v) is 7.62. The molecule has 0 unspecified atom stereocenters. The van der Waals surface area contributed by atoms with Crippen LogP contribution in [0.1, 0.15) is 9.75 Å². The lowest BCUT2D eigenvalue weighted by molar-refractivity contribution is -0.383. The summed E-state index contributed by atoms with van der Waals surface area (Å²) < 4.78 is 0. The third-order valence-electron chi connectivity index (χ3n) is 3.60. The summed E-state index contributed by atoms with van der Waals surface area (Å²) in [6.07, 6.45) is 5.95. The molecule has 0 fully saturated rings. The molecule has 146 valence electrons. The minimum atomic E-state index is -0.596. The number of hydrogen-bond donors (Lipinski definition) is 2. The summed E-state index contributed by atoms with van der Waals surface area (Å²) in [6.45, 7) is 0. The minimum absolute atomic E-state index is 0.00383. The molecule has 2 amide bonds. The highest BCUT2D eigenvalue weighted by Gasteiger charge is 2.16. The molecule has 7 nitrogen and oxygen atoms in total. The quantitative estimate of drug-likeness (QED) is 0.315. The first-order valence-electron chi connectivity index (χ1n) is 8.35. The van der Waals surface area contributed by atoms with Crippen molar-refractivity contribution in [3.63, 3.8) is 0 Å². The molecular weight excluding hydrogens is 410 g/mol. The molecule has 0 saturated carbocycles. The molecule has 0 atom stereocenters. The lowest BCUT2D eigenvalue weighted by Crippen LogP contribution is -2.12. The van der Waals surface area contributed by atoms with Gasteiger partial charge in [0.05, 0.1) is 4.92 Å².